The molecule has 0 bridgehead atoms. The Morgan fingerprint density at radius 1 is 1.03 bits per heavy atom. The van der Waals surface area contributed by atoms with Gasteiger partial charge >= 0.3 is 5.69 Å². The predicted octanol–water partition coefficient (Wildman–Crippen LogP) is 4.50. The number of aryl methyl sites for hydroxylation is 1. The molecule has 1 N–H and O–H groups in total. The molecule has 0 aliphatic heterocycles. The van der Waals surface area contributed by atoms with Crippen LogP contribution in [-0.4, -0.2) is 20.6 Å². The number of hydrogen-bond donors (Lipinski definition) is 1. The number of nitrogens with zero attached hydrogens (tertiary/aromatic N) is 4. The molecule has 29 heavy (non-hydrogen) atoms. The van der Waals surface area contributed by atoms with Crippen LogP contribution in [0.3, 0.4) is 0 Å². The summed E-state index contributed by atoms with van der Waals surface area (Å²) in [5.41, 5.74) is 5.05. The van der Waals surface area contributed by atoms with E-state index in [1.165, 1.54) is 24.4 Å². The summed E-state index contributed by atoms with van der Waals surface area (Å²) in [5, 5.41) is 26.0. The molecule has 0 unspecified atom stereocenters. The highest BCUT2D eigenvalue weighted by Crippen LogP contribution is 2.29. The summed E-state index contributed by atoms with van der Waals surface area (Å²) in [5.74, 6) is -0.327. The number of nitrogens with one attached hydrogen (secondary N) is 1. The fourth-order valence-corrected chi connectivity index (χ4v) is 2.96. The molecule has 3 rings (SSSR count). The van der Waals surface area contributed by atoms with Crippen LogP contribution in [0.4, 0.5) is 21.5 Å². The van der Waals surface area contributed by atoms with Gasteiger partial charge in [-0.2, -0.15) is 5.10 Å². The zero-order valence-corrected chi connectivity index (χ0v) is 15.5. The average Bonchev–Trinajstić information content (AvgIpc) is 2.96. The smallest absolute Gasteiger partial charge is 0.301 e. The molecule has 0 saturated carbocycles. The Hall–Kier alpha value is -4.08. The topological polar surface area (TPSA) is 116 Å². The van der Waals surface area contributed by atoms with Crippen molar-refractivity contribution >= 4 is 23.3 Å². The minimum atomic E-state index is -0.717. The van der Waals surface area contributed by atoms with Crippen molar-refractivity contribution in [2.45, 2.75) is 13.8 Å². The molecule has 1 heterocycles. The molecular weight excluding hydrogens is 381 g/mol. The van der Waals surface area contributed by atoms with E-state index in [2.05, 4.69) is 10.5 Å². The third-order valence-corrected chi connectivity index (χ3v) is 4.33. The van der Waals surface area contributed by atoms with Crippen molar-refractivity contribution in [2.24, 2.45) is 5.10 Å². The summed E-state index contributed by atoms with van der Waals surface area (Å²) in [6, 6.07) is 11.2. The second-order valence-corrected chi connectivity index (χ2v) is 6.22. The van der Waals surface area contributed by atoms with Crippen LogP contribution in [0.5, 0.6) is 0 Å². The molecule has 0 spiro atoms. The molecule has 10 heteroatoms. The Labute approximate surface area is 164 Å². The number of benzene rings is 2. The summed E-state index contributed by atoms with van der Waals surface area (Å²) in [4.78, 5) is 20.6. The fourth-order valence-electron chi connectivity index (χ4n) is 2.96. The molecule has 0 aliphatic carbocycles. The van der Waals surface area contributed by atoms with Crippen LogP contribution in [0.25, 0.3) is 5.69 Å². The van der Waals surface area contributed by atoms with E-state index in [4.69, 9.17) is 0 Å². The van der Waals surface area contributed by atoms with Crippen molar-refractivity contribution in [3.8, 4) is 5.69 Å². The van der Waals surface area contributed by atoms with Gasteiger partial charge in [-0.1, -0.05) is 0 Å². The summed E-state index contributed by atoms with van der Waals surface area (Å²) in [7, 11) is 0. The van der Waals surface area contributed by atoms with Gasteiger partial charge in [-0.15, -0.1) is 0 Å². The maximum absolute atomic E-state index is 13.2. The maximum atomic E-state index is 13.2. The van der Waals surface area contributed by atoms with Crippen molar-refractivity contribution in [2.75, 3.05) is 5.43 Å². The van der Waals surface area contributed by atoms with E-state index in [0.717, 1.165) is 34.8 Å². The van der Waals surface area contributed by atoms with Gasteiger partial charge in [0.15, 0.2) is 0 Å². The first-order valence-corrected chi connectivity index (χ1v) is 8.44. The molecule has 9 nitrogen and oxygen atoms in total. The van der Waals surface area contributed by atoms with E-state index in [-0.39, 0.29) is 17.2 Å². The van der Waals surface area contributed by atoms with Crippen LogP contribution in [0.2, 0.25) is 0 Å². The Morgan fingerprint density at radius 3 is 2.34 bits per heavy atom. The third kappa shape index (κ3) is 4.10. The first kappa shape index (κ1) is 19.7. The number of non-ortho nitro benzene ring substituents is 1. The lowest BCUT2D eigenvalue weighted by Gasteiger charge is -2.09. The predicted molar refractivity (Wildman–Crippen MR) is 106 cm³/mol. The highest BCUT2D eigenvalue weighted by molar-refractivity contribution is 5.83. The number of hydrogen-bond acceptors (Lipinski definition) is 6. The van der Waals surface area contributed by atoms with E-state index < -0.39 is 15.5 Å². The molecule has 0 radical (unpaired) electrons. The zero-order chi connectivity index (χ0) is 21.1. The standard InChI is InChI=1S/C19H16FN5O4/c1-12-9-14(13(2)23(12)16-5-3-15(20)4-6-16)11-21-22-18-8-7-17(24(26)27)10-19(18)25(28)29/h3-11,22H,1-2H3/b21-11-. The lowest BCUT2D eigenvalue weighted by atomic mass is 10.2. The highest BCUT2D eigenvalue weighted by atomic mass is 19.1. The third-order valence-electron chi connectivity index (χ3n) is 4.33. The van der Waals surface area contributed by atoms with Crippen molar-refractivity contribution in [3.05, 3.63) is 91.5 Å². The lowest BCUT2D eigenvalue weighted by Crippen LogP contribution is -2.00. The van der Waals surface area contributed by atoms with Crippen LogP contribution in [0.1, 0.15) is 17.0 Å². The number of rotatable bonds is 6. The first-order chi connectivity index (χ1) is 13.8. The van der Waals surface area contributed by atoms with Gasteiger partial charge in [0, 0.05) is 28.7 Å². The molecule has 3 aromatic rings. The van der Waals surface area contributed by atoms with E-state index in [0.29, 0.717) is 0 Å². The van der Waals surface area contributed by atoms with Gasteiger partial charge in [0.2, 0.25) is 0 Å². The fraction of sp³-hybridized carbons (Fsp3) is 0.105. The van der Waals surface area contributed by atoms with Gasteiger partial charge in [-0.05, 0) is 50.2 Å². The second-order valence-electron chi connectivity index (χ2n) is 6.22. The average molecular weight is 397 g/mol. The number of halogens is 1. The van der Waals surface area contributed by atoms with E-state index >= 15 is 0 Å². The number of nitro groups is 2. The minimum absolute atomic E-state index is 0.0317. The normalized spacial score (nSPS) is 11.0. The molecular formula is C19H16FN5O4. The van der Waals surface area contributed by atoms with Crippen molar-refractivity contribution in [3.63, 3.8) is 0 Å². The molecule has 0 atom stereocenters. The number of anilines is 1. The van der Waals surface area contributed by atoms with Gasteiger partial charge in [-0.3, -0.25) is 25.7 Å². The van der Waals surface area contributed by atoms with Crippen LogP contribution < -0.4 is 5.43 Å². The molecule has 2 aromatic carbocycles. The molecule has 0 saturated heterocycles. The Balaban J connectivity index is 1.86. The summed E-state index contributed by atoms with van der Waals surface area (Å²) in [6.45, 7) is 3.76. The number of nitro benzene ring substituents is 2. The van der Waals surface area contributed by atoms with Crippen LogP contribution in [0.15, 0.2) is 53.6 Å². The molecule has 0 aliphatic rings. The SMILES string of the molecule is Cc1cc(/C=N\Nc2ccc([N+](=O)[O-])cc2[N+](=O)[O-])c(C)n1-c1ccc(F)cc1. The molecule has 0 fully saturated rings. The van der Waals surface area contributed by atoms with Crippen LogP contribution in [-0.2, 0) is 0 Å². The van der Waals surface area contributed by atoms with Crippen LogP contribution in [0, 0.1) is 39.9 Å². The van der Waals surface area contributed by atoms with Crippen molar-refractivity contribution in [1.82, 2.24) is 4.57 Å². The quantitative estimate of drug-likeness (QED) is 0.374. The van der Waals surface area contributed by atoms with E-state index in [1.807, 2.05) is 24.5 Å². The monoisotopic (exact) mass is 397 g/mol. The second kappa shape index (κ2) is 7.89. The summed E-state index contributed by atoms with van der Waals surface area (Å²) in [6.07, 6.45) is 1.49. The van der Waals surface area contributed by atoms with Gasteiger partial charge in [0.05, 0.1) is 22.1 Å². The summed E-state index contributed by atoms with van der Waals surface area (Å²) >= 11 is 0. The largest absolute Gasteiger partial charge is 0.318 e. The minimum Gasteiger partial charge on any atom is -0.318 e. The lowest BCUT2D eigenvalue weighted by molar-refractivity contribution is -0.393. The number of aromatic nitrogens is 1. The molecule has 148 valence electrons. The maximum Gasteiger partial charge on any atom is 0.301 e. The Bertz CT molecular complexity index is 1120. The molecule has 1 aromatic heterocycles. The zero-order valence-electron chi connectivity index (χ0n) is 15.5. The number of hydrazone groups is 1. The van der Waals surface area contributed by atoms with E-state index in [9.17, 15) is 24.6 Å². The van der Waals surface area contributed by atoms with Crippen LogP contribution >= 0.6 is 0 Å². The van der Waals surface area contributed by atoms with Gasteiger partial charge in [0.1, 0.15) is 11.5 Å². The van der Waals surface area contributed by atoms with Crippen molar-refractivity contribution in [1.29, 1.82) is 0 Å². The van der Waals surface area contributed by atoms with Gasteiger partial charge in [-0.25, -0.2) is 4.39 Å². The highest BCUT2D eigenvalue weighted by Gasteiger charge is 2.19. The first-order valence-electron chi connectivity index (χ1n) is 8.44. The van der Waals surface area contributed by atoms with Crippen molar-refractivity contribution < 1.29 is 14.2 Å². The Morgan fingerprint density at radius 2 is 1.72 bits per heavy atom. The summed E-state index contributed by atoms with van der Waals surface area (Å²) < 4.78 is 15.1. The Kier molecular flexibility index (Phi) is 5.35. The van der Waals surface area contributed by atoms with Gasteiger partial charge in [0.25, 0.3) is 5.69 Å². The molecule has 0 amide bonds. The van der Waals surface area contributed by atoms with E-state index in [1.54, 1.807) is 12.1 Å². The van der Waals surface area contributed by atoms with Gasteiger partial charge < -0.3 is 4.57 Å².